The lowest BCUT2D eigenvalue weighted by atomic mass is 10.2. The number of hydrogen-bond acceptors (Lipinski definition) is 3. The number of terminal acetylenes is 1. The molecule has 0 aromatic heterocycles. The number of benzene rings is 2. The maximum Gasteiger partial charge on any atom is 0.331 e. The first-order valence-electron chi connectivity index (χ1n) is 7.14. The Morgan fingerprint density at radius 1 is 1.28 bits per heavy atom. The number of hydrogen-bond donors (Lipinski definition) is 0. The van der Waals surface area contributed by atoms with Gasteiger partial charge in [-0.1, -0.05) is 45.6 Å². The minimum absolute atomic E-state index is 0.0595. The van der Waals surface area contributed by atoms with Crippen molar-refractivity contribution in [1.29, 1.82) is 0 Å². The fourth-order valence-corrected chi connectivity index (χ4v) is 3.36. The number of carbonyl (C=O) groups excluding carboxylic acids is 1. The zero-order chi connectivity index (χ0) is 18.2. The highest BCUT2D eigenvalue weighted by Crippen LogP contribution is 2.35. The van der Waals surface area contributed by atoms with Gasteiger partial charge in [0, 0.05) is 10.5 Å². The van der Waals surface area contributed by atoms with Crippen LogP contribution >= 0.6 is 43.5 Å². The number of esters is 1. The molecule has 2 aromatic rings. The van der Waals surface area contributed by atoms with E-state index in [4.69, 9.17) is 27.5 Å². The molecule has 0 fully saturated rings. The van der Waals surface area contributed by atoms with Crippen LogP contribution in [0.4, 0.5) is 0 Å². The Kier molecular flexibility index (Phi) is 7.57. The molecule has 25 heavy (non-hydrogen) atoms. The van der Waals surface area contributed by atoms with Crippen molar-refractivity contribution in [2.75, 3.05) is 6.61 Å². The molecule has 128 valence electrons. The molecule has 3 nitrogen and oxygen atoms in total. The fraction of sp³-hybridized carbons (Fsp3) is 0.105. The first kappa shape index (κ1) is 19.6. The molecule has 6 heteroatoms. The minimum atomic E-state index is -0.514. The summed E-state index contributed by atoms with van der Waals surface area (Å²) in [6, 6.07) is 11.3. The summed E-state index contributed by atoms with van der Waals surface area (Å²) < 4.78 is 12.2. The number of rotatable bonds is 6. The standard InChI is InChI=1S/C19H13Br2ClO3/c1-2-8-24-18(23)7-6-13-10-16(21)19(17(22)11-13)25-12-14-4-3-5-15(20)9-14/h1,3-7,9-11H,8,12H2/b7-6+. The van der Waals surface area contributed by atoms with Crippen LogP contribution in [0.5, 0.6) is 5.75 Å². The zero-order valence-electron chi connectivity index (χ0n) is 13.0. The predicted molar refractivity (Wildman–Crippen MR) is 106 cm³/mol. The molecule has 2 rings (SSSR count). The molecular weight excluding hydrogens is 471 g/mol. The third-order valence-corrected chi connectivity index (χ3v) is 4.37. The second-order valence-corrected chi connectivity index (χ2v) is 7.05. The summed E-state index contributed by atoms with van der Waals surface area (Å²) in [4.78, 5) is 11.4. The second kappa shape index (κ2) is 9.67. The van der Waals surface area contributed by atoms with Crippen LogP contribution in [0.15, 0.2) is 51.4 Å². The Labute approximate surface area is 168 Å². The molecule has 0 atom stereocenters. The summed E-state index contributed by atoms with van der Waals surface area (Å²) in [5.74, 6) is 2.25. The predicted octanol–water partition coefficient (Wildman–Crippen LogP) is 5.63. The molecule has 0 saturated heterocycles. The third-order valence-electron chi connectivity index (χ3n) is 3.00. The van der Waals surface area contributed by atoms with Gasteiger partial charge < -0.3 is 9.47 Å². The van der Waals surface area contributed by atoms with Crippen LogP contribution in [0.1, 0.15) is 11.1 Å². The molecule has 0 saturated carbocycles. The van der Waals surface area contributed by atoms with Gasteiger partial charge in [0.1, 0.15) is 6.61 Å². The van der Waals surface area contributed by atoms with Gasteiger partial charge in [-0.2, -0.15) is 0 Å². The average Bonchev–Trinajstić information content (AvgIpc) is 2.57. The van der Waals surface area contributed by atoms with Crippen molar-refractivity contribution in [3.63, 3.8) is 0 Å². The first-order valence-corrected chi connectivity index (χ1v) is 9.10. The highest BCUT2D eigenvalue weighted by Gasteiger charge is 2.09. The monoisotopic (exact) mass is 482 g/mol. The van der Waals surface area contributed by atoms with Crippen molar-refractivity contribution in [1.82, 2.24) is 0 Å². The molecule has 0 bridgehead atoms. The molecule has 0 radical (unpaired) electrons. The van der Waals surface area contributed by atoms with Gasteiger partial charge in [0.25, 0.3) is 0 Å². The molecule has 0 amide bonds. The maximum absolute atomic E-state index is 11.4. The van der Waals surface area contributed by atoms with Crippen molar-refractivity contribution < 1.29 is 14.3 Å². The minimum Gasteiger partial charge on any atom is -0.486 e. The topological polar surface area (TPSA) is 35.5 Å². The quantitative estimate of drug-likeness (QED) is 0.303. The third kappa shape index (κ3) is 6.24. The van der Waals surface area contributed by atoms with Gasteiger partial charge in [0.05, 0.1) is 9.50 Å². The van der Waals surface area contributed by atoms with E-state index in [2.05, 4.69) is 37.8 Å². The van der Waals surface area contributed by atoms with E-state index in [1.165, 1.54) is 6.08 Å². The number of halogens is 3. The molecule has 2 aromatic carbocycles. The Hall–Kier alpha value is -1.74. The Bertz CT molecular complexity index is 818. The molecular formula is C19H13Br2ClO3. The van der Waals surface area contributed by atoms with Gasteiger partial charge >= 0.3 is 5.97 Å². The van der Waals surface area contributed by atoms with Crippen molar-refractivity contribution in [3.8, 4) is 18.1 Å². The number of carbonyl (C=O) groups is 1. The lowest BCUT2D eigenvalue weighted by molar-refractivity contribution is -0.136. The van der Waals surface area contributed by atoms with E-state index in [1.54, 1.807) is 18.2 Å². The molecule has 0 heterocycles. The van der Waals surface area contributed by atoms with Gasteiger partial charge in [-0.3, -0.25) is 0 Å². The average molecular weight is 485 g/mol. The van der Waals surface area contributed by atoms with Crippen molar-refractivity contribution in [2.24, 2.45) is 0 Å². The lowest BCUT2D eigenvalue weighted by Gasteiger charge is -2.11. The van der Waals surface area contributed by atoms with E-state index in [0.717, 1.165) is 15.6 Å². The largest absolute Gasteiger partial charge is 0.486 e. The van der Waals surface area contributed by atoms with Crippen LogP contribution in [-0.4, -0.2) is 12.6 Å². The van der Waals surface area contributed by atoms with E-state index in [-0.39, 0.29) is 6.61 Å². The normalized spacial score (nSPS) is 10.5. The molecule has 0 spiro atoms. The van der Waals surface area contributed by atoms with E-state index < -0.39 is 5.97 Å². The van der Waals surface area contributed by atoms with Crippen molar-refractivity contribution >= 4 is 55.5 Å². The Morgan fingerprint density at radius 3 is 2.76 bits per heavy atom. The number of ether oxygens (including phenoxy) is 2. The lowest BCUT2D eigenvalue weighted by Crippen LogP contribution is -2.00. The second-order valence-electron chi connectivity index (χ2n) is 4.88. The van der Waals surface area contributed by atoms with Crippen molar-refractivity contribution in [2.45, 2.75) is 6.61 Å². The van der Waals surface area contributed by atoms with E-state index in [0.29, 0.717) is 21.9 Å². The van der Waals surface area contributed by atoms with Crippen LogP contribution in [0, 0.1) is 12.3 Å². The van der Waals surface area contributed by atoms with Gasteiger partial charge in [-0.05, 0) is 57.4 Å². The molecule has 0 aliphatic heterocycles. The molecule has 0 N–H and O–H groups in total. The highest BCUT2D eigenvalue weighted by molar-refractivity contribution is 9.10. The SMILES string of the molecule is C#CCOC(=O)/C=C/c1cc(Cl)c(OCc2cccc(Br)c2)c(Br)c1. The first-order chi connectivity index (χ1) is 12.0. The van der Waals surface area contributed by atoms with Crippen LogP contribution < -0.4 is 4.74 Å². The summed E-state index contributed by atoms with van der Waals surface area (Å²) in [6.07, 6.45) is 7.91. The van der Waals surface area contributed by atoms with Crippen LogP contribution in [0.3, 0.4) is 0 Å². The van der Waals surface area contributed by atoms with Gasteiger partial charge in [-0.25, -0.2) is 4.79 Å². The van der Waals surface area contributed by atoms with Crippen molar-refractivity contribution in [3.05, 3.63) is 67.6 Å². The summed E-state index contributed by atoms with van der Waals surface area (Å²) in [5, 5.41) is 0.431. The Balaban J connectivity index is 2.08. The molecule has 0 aliphatic rings. The van der Waals surface area contributed by atoms with Gasteiger partial charge in [0.15, 0.2) is 12.4 Å². The van der Waals surface area contributed by atoms with E-state index >= 15 is 0 Å². The molecule has 0 aliphatic carbocycles. The summed E-state index contributed by atoms with van der Waals surface area (Å²) in [7, 11) is 0. The van der Waals surface area contributed by atoms with Crippen LogP contribution in [0.25, 0.3) is 6.08 Å². The maximum atomic E-state index is 11.4. The summed E-state index contributed by atoms with van der Waals surface area (Å²) in [6.45, 7) is 0.321. The Morgan fingerprint density at radius 2 is 2.08 bits per heavy atom. The highest BCUT2D eigenvalue weighted by atomic mass is 79.9. The van der Waals surface area contributed by atoms with Gasteiger partial charge in [-0.15, -0.1) is 6.42 Å². The van der Waals surface area contributed by atoms with Crippen LogP contribution in [0.2, 0.25) is 5.02 Å². The van der Waals surface area contributed by atoms with E-state index in [9.17, 15) is 4.79 Å². The fourth-order valence-electron chi connectivity index (χ4n) is 1.92. The van der Waals surface area contributed by atoms with Gasteiger partial charge in [0.2, 0.25) is 0 Å². The summed E-state index contributed by atoms with van der Waals surface area (Å²) in [5.41, 5.74) is 1.74. The van der Waals surface area contributed by atoms with Crippen LogP contribution in [-0.2, 0) is 16.1 Å². The summed E-state index contributed by atoms with van der Waals surface area (Å²) >= 11 is 13.2. The molecule has 0 unspecified atom stereocenters. The smallest absolute Gasteiger partial charge is 0.331 e. The van der Waals surface area contributed by atoms with E-state index in [1.807, 2.05) is 24.3 Å². The zero-order valence-corrected chi connectivity index (χ0v) is 16.9.